The Morgan fingerprint density at radius 3 is 2.17 bits per heavy atom. The lowest BCUT2D eigenvalue weighted by atomic mass is 9.99. The molecule has 0 saturated carbocycles. The number of methoxy groups -OCH3 is 2. The summed E-state index contributed by atoms with van der Waals surface area (Å²) in [5, 5.41) is 39.4. The number of hydrogen-bond acceptors (Lipinski definition) is 8. The third-order valence-electron chi connectivity index (χ3n) is 5.11. The van der Waals surface area contributed by atoms with Crippen LogP contribution < -0.4 is 14.2 Å². The van der Waals surface area contributed by atoms with E-state index in [1.54, 1.807) is 26.4 Å². The van der Waals surface area contributed by atoms with Crippen molar-refractivity contribution in [3.63, 3.8) is 0 Å². The van der Waals surface area contributed by atoms with Gasteiger partial charge in [0.05, 0.1) is 20.8 Å². The predicted molar refractivity (Wildman–Crippen MR) is 108 cm³/mol. The quantitative estimate of drug-likeness (QED) is 0.492. The van der Waals surface area contributed by atoms with Gasteiger partial charge in [-0.25, -0.2) is 0 Å². The monoisotopic (exact) mass is 420 g/mol. The summed E-state index contributed by atoms with van der Waals surface area (Å²) in [4.78, 5) is 0. The van der Waals surface area contributed by atoms with Gasteiger partial charge >= 0.3 is 0 Å². The van der Waals surface area contributed by atoms with Crippen LogP contribution in [-0.2, 0) is 17.6 Å². The van der Waals surface area contributed by atoms with Gasteiger partial charge in [0.1, 0.15) is 41.7 Å². The lowest BCUT2D eigenvalue weighted by Gasteiger charge is -2.39. The molecular formula is C22H28O8. The second-order valence-electron chi connectivity index (χ2n) is 7.18. The van der Waals surface area contributed by atoms with E-state index in [4.69, 9.17) is 18.9 Å². The first-order valence-corrected chi connectivity index (χ1v) is 9.73. The first-order chi connectivity index (χ1) is 14.4. The number of benzene rings is 2. The minimum Gasteiger partial charge on any atom is -0.497 e. The first kappa shape index (κ1) is 22.3. The van der Waals surface area contributed by atoms with Crippen LogP contribution in [0.15, 0.2) is 42.5 Å². The Kier molecular flexibility index (Phi) is 7.52. The molecule has 2 aromatic rings. The molecule has 0 aliphatic carbocycles. The number of ether oxygens (including phenoxy) is 4. The van der Waals surface area contributed by atoms with Crippen molar-refractivity contribution >= 4 is 0 Å². The summed E-state index contributed by atoms with van der Waals surface area (Å²) >= 11 is 0. The van der Waals surface area contributed by atoms with Crippen LogP contribution in [0.25, 0.3) is 0 Å². The minimum atomic E-state index is -1.50. The zero-order valence-electron chi connectivity index (χ0n) is 17.0. The molecule has 3 rings (SSSR count). The molecule has 30 heavy (non-hydrogen) atoms. The molecule has 1 saturated heterocycles. The fraction of sp³-hybridized carbons (Fsp3) is 0.455. The van der Waals surface area contributed by atoms with E-state index < -0.39 is 37.3 Å². The molecular weight excluding hydrogens is 392 g/mol. The van der Waals surface area contributed by atoms with Crippen LogP contribution in [0.5, 0.6) is 17.2 Å². The maximum atomic E-state index is 10.2. The third kappa shape index (κ3) is 5.21. The number of aliphatic hydroxyl groups is 4. The Bertz CT molecular complexity index is 825. The average molecular weight is 420 g/mol. The van der Waals surface area contributed by atoms with Crippen molar-refractivity contribution in [3.05, 3.63) is 53.6 Å². The Balaban J connectivity index is 1.73. The average Bonchev–Trinajstić information content (AvgIpc) is 2.78. The third-order valence-corrected chi connectivity index (χ3v) is 5.11. The molecule has 1 fully saturated rings. The van der Waals surface area contributed by atoms with E-state index in [2.05, 4.69) is 0 Å². The minimum absolute atomic E-state index is 0.374. The van der Waals surface area contributed by atoms with Gasteiger partial charge in [-0.2, -0.15) is 0 Å². The SMILES string of the molecule is COc1cccc(CCc2cc(OC)cc(O[C@@H]3O[C@H](CO)[C@@H](O)[C@H](O)[C@H]3O)c2)c1. The van der Waals surface area contributed by atoms with Gasteiger partial charge < -0.3 is 39.4 Å². The van der Waals surface area contributed by atoms with Crippen LogP contribution in [0.1, 0.15) is 11.1 Å². The van der Waals surface area contributed by atoms with Crippen molar-refractivity contribution in [2.24, 2.45) is 0 Å². The summed E-state index contributed by atoms with van der Waals surface area (Å²) in [5.41, 5.74) is 2.06. The largest absolute Gasteiger partial charge is 0.497 e. The van der Waals surface area contributed by atoms with E-state index in [1.165, 1.54) is 0 Å². The molecule has 0 aromatic heterocycles. The van der Waals surface area contributed by atoms with Gasteiger partial charge in [-0.15, -0.1) is 0 Å². The highest BCUT2D eigenvalue weighted by molar-refractivity contribution is 5.39. The van der Waals surface area contributed by atoms with Crippen LogP contribution in [0.3, 0.4) is 0 Å². The number of hydrogen-bond donors (Lipinski definition) is 4. The van der Waals surface area contributed by atoms with Crippen LogP contribution in [0, 0.1) is 0 Å². The van der Waals surface area contributed by atoms with Gasteiger partial charge in [0.2, 0.25) is 6.29 Å². The van der Waals surface area contributed by atoms with Crippen molar-refractivity contribution in [3.8, 4) is 17.2 Å². The summed E-state index contributed by atoms with van der Waals surface area (Å²) in [6.07, 6.45) is -5.23. The maximum absolute atomic E-state index is 10.2. The summed E-state index contributed by atoms with van der Waals surface area (Å²) < 4.78 is 21.8. The second-order valence-corrected chi connectivity index (χ2v) is 7.18. The zero-order chi connectivity index (χ0) is 21.7. The molecule has 0 radical (unpaired) electrons. The highest BCUT2D eigenvalue weighted by atomic mass is 16.7. The molecule has 1 heterocycles. The van der Waals surface area contributed by atoms with Crippen LogP contribution in [0.4, 0.5) is 0 Å². The summed E-state index contributed by atoms with van der Waals surface area (Å²) in [5.74, 6) is 1.74. The first-order valence-electron chi connectivity index (χ1n) is 9.73. The van der Waals surface area contributed by atoms with Gasteiger partial charge in [0.15, 0.2) is 0 Å². The van der Waals surface area contributed by atoms with E-state index in [-0.39, 0.29) is 0 Å². The van der Waals surface area contributed by atoms with E-state index >= 15 is 0 Å². The Morgan fingerprint density at radius 2 is 1.47 bits per heavy atom. The molecule has 4 N–H and O–H groups in total. The standard InChI is InChI=1S/C22H28O8/c1-27-15-5-3-4-13(8-15)6-7-14-9-16(28-2)11-17(10-14)29-22-21(26)20(25)19(24)18(12-23)30-22/h3-5,8-11,18-26H,6-7,12H2,1-2H3/t18-,19-,20+,21-,22-/m1/s1. The molecule has 0 spiro atoms. The second kappa shape index (κ2) is 10.1. The van der Waals surface area contributed by atoms with Crippen LogP contribution in [0.2, 0.25) is 0 Å². The van der Waals surface area contributed by atoms with E-state index in [0.717, 1.165) is 23.3 Å². The summed E-state index contributed by atoms with van der Waals surface area (Å²) in [6, 6.07) is 13.1. The normalized spacial score (nSPS) is 26.3. The van der Waals surface area contributed by atoms with Crippen molar-refractivity contribution in [2.75, 3.05) is 20.8 Å². The Labute approximate surface area is 175 Å². The van der Waals surface area contributed by atoms with Gasteiger partial charge in [-0.1, -0.05) is 12.1 Å². The number of aryl methyl sites for hydroxylation is 2. The van der Waals surface area contributed by atoms with E-state index in [9.17, 15) is 20.4 Å². The van der Waals surface area contributed by atoms with Crippen LogP contribution in [-0.4, -0.2) is 72.0 Å². The molecule has 164 valence electrons. The maximum Gasteiger partial charge on any atom is 0.229 e. The molecule has 0 amide bonds. The molecule has 1 aliphatic heterocycles. The van der Waals surface area contributed by atoms with Gasteiger partial charge in [0, 0.05) is 6.07 Å². The molecule has 8 heteroatoms. The fourth-order valence-electron chi connectivity index (χ4n) is 3.38. The van der Waals surface area contributed by atoms with Crippen LogP contribution >= 0.6 is 0 Å². The van der Waals surface area contributed by atoms with Crippen molar-refractivity contribution < 1.29 is 39.4 Å². The Morgan fingerprint density at radius 1 is 0.800 bits per heavy atom. The van der Waals surface area contributed by atoms with Gasteiger partial charge in [0.25, 0.3) is 0 Å². The lowest BCUT2D eigenvalue weighted by molar-refractivity contribution is -0.277. The molecule has 5 atom stereocenters. The predicted octanol–water partition coefficient (Wildman–Crippen LogP) is 0.668. The molecule has 8 nitrogen and oxygen atoms in total. The number of aliphatic hydroxyl groups excluding tert-OH is 4. The lowest BCUT2D eigenvalue weighted by Crippen LogP contribution is -2.60. The Hall–Kier alpha value is -2.36. The zero-order valence-corrected chi connectivity index (χ0v) is 17.0. The highest BCUT2D eigenvalue weighted by Crippen LogP contribution is 2.28. The van der Waals surface area contributed by atoms with E-state index in [0.29, 0.717) is 17.9 Å². The summed E-state index contributed by atoms with van der Waals surface area (Å²) in [6.45, 7) is -0.519. The topological polar surface area (TPSA) is 118 Å². The highest BCUT2D eigenvalue weighted by Gasteiger charge is 2.44. The van der Waals surface area contributed by atoms with Crippen molar-refractivity contribution in [2.45, 2.75) is 43.5 Å². The molecule has 2 aromatic carbocycles. The number of rotatable bonds is 8. The molecule has 0 bridgehead atoms. The molecule has 1 aliphatic rings. The molecule has 0 unspecified atom stereocenters. The van der Waals surface area contributed by atoms with Gasteiger partial charge in [-0.3, -0.25) is 0 Å². The smallest absolute Gasteiger partial charge is 0.229 e. The van der Waals surface area contributed by atoms with Crippen molar-refractivity contribution in [1.29, 1.82) is 0 Å². The van der Waals surface area contributed by atoms with Gasteiger partial charge in [-0.05, 0) is 48.2 Å². The van der Waals surface area contributed by atoms with E-state index in [1.807, 2.05) is 30.3 Å². The summed E-state index contributed by atoms with van der Waals surface area (Å²) in [7, 11) is 3.17. The fourth-order valence-corrected chi connectivity index (χ4v) is 3.38. The van der Waals surface area contributed by atoms with Crippen molar-refractivity contribution in [1.82, 2.24) is 0 Å².